The van der Waals surface area contributed by atoms with Gasteiger partial charge in [0.05, 0.1) is 6.10 Å². The lowest BCUT2D eigenvalue weighted by Crippen LogP contribution is -2.30. The lowest BCUT2D eigenvalue weighted by Gasteiger charge is -2.24. The molecule has 1 heterocycles. The third-order valence-corrected chi connectivity index (χ3v) is 4.44. The summed E-state index contributed by atoms with van der Waals surface area (Å²) in [7, 11) is 2.04. The highest BCUT2D eigenvalue weighted by Gasteiger charge is 2.26. The van der Waals surface area contributed by atoms with E-state index in [1.54, 1.807) is 6.33 Å². The third kappa shape index (κ3) is 3.39. The number of aliphatic hydroxyl groups is 1. The van der Waals surface area contributed by atoms with Crippen molar-refractivity contribution in [3.8, 4) is 0 Å². The van der Waals surface area contributed by atoms with Gasteiger partial charge in [0.2, 0.25) is 0 Å². The van der Waals surface area contributed by atoms with Crippen LogP contribution in [0.4, 0.5) is 11.6 Å². The number of aliphatic hydroxyl groups excluding tert-OH is 1. The van der Waals surface area contributed by atoms with Crippen LogP contribution in [0.5, 0.6) is 0 Å². The van der Waals surface area contributed by atoms with Crippen molar-refractivity contribution < 1.29 is 5.11 Å². The van der Waals surface area contributed by atoms with Crippen LogP contribution < -0.4 is 10.2 Å². The van der Waals surface area contributed by atoms with Crippen molar-refractivity contribution >= 4 is 11.6 Å². The van der Waals surface area contributed by atoms with Crippen LogP contribution in [0.25, 0.3) is 0 Å². The molecule has 0 amide bonds. The van der Waals surface area contributed by atoms with E-state index in [1.807, 2.05) is 13.1 Å². The van der Waals surface area contributed by atoms with Crippen LogP contribution in [0.3, 0.4) is 0 Å². The fourth-order valence-electron chi connectivity index (χ4n) is 2.90. The molecule has 2 aliphatic rings. The normalized spacial score (nSPS) is 25.7. The number of rotatable bonds is 6. The fourth-order valence-corrected chi connectivity index (χ4v) is 2.90. The van der Waals surface area contributed by atoms with Crippen LogP contribution >= 0.6 is 0 Å². The van der Waals surface area contributed by atoms with Crippen molar-refractivity contribution in [2.45, 2.75) is 38.2 Å². The lowest BCUT2D eigenvalue weighted by molar-refractivity contribution is 0.136. The molecule has 2 unspecified atom stereocenters. The molecule has 5 heteroatoms. The van der Waals surface area contributed by atoms with Gasteiger partial charge in [0.15, 0.2) is 0 Å². The van der Waals surface area contributed by atoms with Crippen molar-refractivity contribution in [1.82, 2.24) is 9.97 Å². The second kappa shape index (κ2) is 5.95. The molecule has 20 heavy (non-hydrogen) atoms. The van der Waals surface area contributed by atoms with Crippen molar-refractivity contribution in [3.05, 3.63) is 12.4 Å². The Morgan fingerprint density at radius 1 is 1.30 bits per heavy atom. The van der Waals surface area contributed by atoms with E-state index < -0.39 is 0 Å². The Labute approximate surface area is 120 Å². The Morgan fingerprint density at radius 2 is 2.15 bits per heavy atom. The number of hydrogen-bond acceptors (Lipinski definition) is 5. The van der Waals surface area contributed by atoms with Crippen molar-refractivity contribution in [2.75, 3.05) is 30.4 Å². The van der Waals surface area contributed by atoms with Crippen molar-refractivity contribution in [2.24, 2.45) is 11.8 Å². The molecular weight excluding hydrogens is 252 g/mol. The Balaban J connectivity index is 1.58. The molecule has 2 atom stereocenters. The smallest absolute Gasteiger partial charge is 0.133 e. The highest BCUT2D eigenvalue weighted by atomic mass is 16.3. The molecule has 0 radical (unpaired) electrons. The minimum atomic E-state index is -0.147. The van der Waals surface area contributed by atoms with E-state index in [-0.39, 0.29) is 6.10 Å². The van der Waals surface area contributed by atoms with E-state index in [4.69, 9.17) is 0 Å². The van der Waals surface area contributed by atoms with Crippen LogP contribution in [0.1, 0.15) is 32.1 Å². The van der Waals surface area contributed by atoms with Gasteiger partial charge < -0.3 is 15.3 Å². The molecule has 2 fully saturated rings. The molecule has 1 aromatic rings. The predicted molar refractivity (Wildman–Crippen MR) is 79.9 cm³/mol. The van der Waals surface area contributed by atoms with E-state index in [9.17, 15) is 5.11 Å². The molecule has 0 aromatic carbocycles. The molecule has 110 valence electrons. The first kappa shape index (κ1) is 13.6. The van der Waals surface area contributed by atoms with Crippen LogP contribution in [0.2, 0.25) is 0 Å². The largest absolute Gasteiger partial charge is 0.393 e. The first-order chi connectivity index (χ1) is 9.72. The molecule has 2 saturated carbocycles. The number of nitrogens with one attached hydrogen (secondary N) is 1. The molecule has 0 spiro atoms. The first-order valence-corrected chi connectivity index (χ1v) is 7.67. The minimum absolute atomic E-state index is 0.147. The predicted octanol–water partition coefficient (Wildman–Crippen LogP) is 1.90. The molecule has 5 nitrogen and oxygen atoms in total. The van der Waals surface area contributed by atoms with Crippen LogP contribution in [-0.2, 0) is 0 Å². The summed E-state index contributed by atoms with van der Waals surface area (Å²) in [5, 5.41) is 13.3. The number of nitrogens with zero attached hydrogens (tertiary/aromatic N) is 3. The molecule has 0 bridgehead atoms. The van der Waals surface area contributed by atoms with Crippen LogP contribution in [-0.4, -0.2) is 41.3 Å². The lowest BCUT2D eigenvalue weighted by atomic mass is 10.1. The zero-order valence-corrected chi connectivity index (χ0v) is 12.1. The highest BCUT2D eigenvalue weighted by molar-refractivity contribution is 5.48. The van der Waals surface area contributed by atoms with E-state index in [2.05, 4.69) is 20.2 Å². The Bertz CT molecular complexity index is 449. The van der Waals surface area contributed by atoms with Gasteiger partial charge in [-0.2, -0.15) is 0 Å². The average molecular weight is 276 g/mol. The summed E-state index contributed by atoms with van der Waals surface area (Å²) in [6, 6.07) is 2.00. The van der Waals surface area contributed by atoms with Crippen molar-refractivity contribution in [3.63, 3.8) is 0 Å². The first-order valence-electron chi connectivity index (χ1n) is 7.67. The molecule has 2 aliphatic carbocycles. The van der Waals surface area contributed by atoms with E-state index in [0.29, 0.717) is 5.92 Å². The third-order valence-electron chi connectivity index (χ3n) is 4.44. The summed E-state index contributed by atoms with van der Waals surface area (Å²) in [5.41, 5.74) is 0. The molecule has 0 saturated heterocycles. The van der Waals surface area contributed by atoms with E-state index in [1.165, 1.54) is 12.8 Å². The van der Waals surface area contributed by atoms with Gasteiger partial charge in [0.25, 0.3) is 0 Å². The Kier molecular flexibility index (Phi) is 4.05. The van der Waals surface area contributed by atoms with Gasteiger partial charge in [-0.05, 0) is 31.6 Å². The zero-order chi connectivity index (χ0) is 13.9. The van der Waals surface area contributed by atoms with Gasteiger partial charge in [0, 0.05) is 32.1 Å². The summed E-state index contributed by atoms with van der Waals surface area (Å²) < 4.78 is 0. The zero-order valence-electron chi connectivity index (χ0n) is 12.1. The minimum Gasteiger partial charge on any atom is -0.393 e. The summed E-state index contributed by atoms with van der Waals surface area (Å²) in [6.07, 6.45) is 7.34. The molecular formula is C15H24N4O. The topological polar surface area (TPSA) is 61.3 Å². The van der Waals surface area contributed by atoms with E-state index in [0.717, 1.165) is 49.9 Å². The summed E-state index contributed by atoms with van der Waals surface area (Å²) in [6.45, 7) is 1.88. The molecule has 0 aliphatic heterocycles. The SMILES string of the molecule is CN(CC1CCCC1O)c1cc(NCC2CC2)ncn1. The maximum atomic E-state index is 9.92. The van der Waals surface area contributed by atoms with Gasteiger partial charge in [-0.3, -0.25) is 0 Å². The Hall–Kier alpha value is -1.36. The summed E-state index contributed by atoms with van der Waals surface area (Å²) in [5.74, 6) is 3.04. The number of aromatic nitrogens is 2. The van der Waals surface area contributed by atoms with E-state index >= 15 is 0 Å². The number of anilines is 2. The van der Waals surface area contributed by atoms with Crippen molar-refractivity contribution in [1.29, 1.82) is 0 Å². The van der Waals surface area contributed by atoms with Gasteiger partial charge >= 0.3 is 0 Å². The molecule has 2 N–H and O–H groups in total. The summed E-state index contributed by atoms with van der Waals surface area (Å²) in [4.78, 5) is 10.7. The van der Waals surface area contributed by atoms with Crippen LogP contribution in [0, 0.1) is 11.8 Å². The average Bonchev–Trinajstić information content (AvgIpc) is 3.21. The van der Waals surface area contributed by atoms with Crippen LogP contribution in [0.15, 0.2) is 12.4 Å². The second-order valence-corrected chi connectivity index (χ2v) is 6.22. The Morgan fingerprint density at radius 3 is 2.85 bits per heavy atom. The fraction of sp³-hybridized carbons (Fsp3) is 0.733. The quantitative estimate of drug-likeness (QED) is 0.831. The number of hydrogen-bond donors (Lipinski definition) is 2. The van der Waals surface area contributed by atoms with Gasteiger partial charge in [-0.25, -0.2) is 9.97 Å². The van der Waals surface area contributed by atoms with Gasteiger partial charge in [0.1, 0.15) is 18.0 Å². The monoisotopic (exact) mass is 276 g/mol. The standard InChI is InChI=1S/C15H24N4O/c1-19(9-12-3-2-4-13(12)20)15-7-14(17-10-18-15)16-8-11-5-6-11/h7,10-13,20H,2-6,8-9H2,1H3,(H,16,17,18). The maximum Gasteiger partial charge on any atom is 0.133 e. The maximum absolute atomic E-state index is 9.92. The molecule has 1 aromatic heterocycles. The molecule has 3 rings (SSSR count). The van der Waals surface area contributed by atoms with Gasteiger partial charge in [-0.1, -0.05) is 6.42 Å². The summed E-state index contributed by atoms with van der Waals surface area (Å²) >= 11 is 0. The highest BCUT2D eigenvalue weighted by Crippen LogP contribution is 2.29. The second-order valence-electron chi connectivity index (χ2n) is 6.22. The van der Waals surface area contributed by atoms with Gasteiger partial charge in [-0.15, -0.1) is 0 Å².